The second kappa shape index (κ2) is 5.17. The minimum Gasteiger partial charge on any atom is -1.00 e. The third-order valence-electron chi connectivity index (χ3n) is 1.60. The fourth-order valence-electron chi connectivity index (χ4n) is 1.14. The quantitative estimate of drug-likeness (QED) is 0.510. The summed E-state index contributed by atoms with van der Waals surface area (Å²) >= 11 is 2.39. The van der Waals surface area contributed by atoms with Crippen LogP contribution in [-0.4, -0.2) is 25.6 Å². The highest BCUT2D eigenvalue weighted by molar-refractivity contribution is 14.1. The summed E-state index contributed by atoms with van der Waals surface area (Å²) in [6.45, 7) is 1.10. The van der Waals surface area contributed by atoms with Crippen molar-refractivity contribution in [1.82, 2.24) is 0 Å². The summed E-state index contributed by atoms with van der Waals surface area (Å²) in [4.78, 5) is 0. The van der Waals surface area contributed by atoms with E-state index in [0.717, 1.165) is 11.0 Å². The van der Waals surface area contributed by atoms with Gasteiger partial charge in [0, 0.05) is 9.13 Å². The minimum atomic E-state index is 0. The molecule has 0 aliphatic heterocycles. The molecule has 74 valence electrons. The smallest absolute Gasteiger partial charge is 0.105 e. The van der Waals surface area contributed by atoms with Crippen LogP contribution in [0.25, 0.3) is 0 Å². The lowest BCUT2D eigenvalue weighted by atomic mass is 10.2. The van der Waals surface area contributed by atoms with Gasteiger partial charge in [-0.2, -0.15) is 0 Å². The molecule has 0 aliphatic carbocycles. The Morgan fingerprint density at radius 1 is 1.15 bits per heavy atom. The average Bonchev–Trinajstić information content (AvgIpc) is 1.91. The van der Waals surface area contributed by atoms with Gasteiger partial charge in [-0.15, -0.1) is 0 Å². The number of hydrogen-bond acceptors (Lipinski definition) is 0. The van der Waals surface area contributed by atoms with Crippen LogP contribution < -0.4 is 12.4 Å². The van der Waals surface area contributed by atoms with Gasteiger partial charge in [0.2, 0.25) is 0 Å². The van der Waals surface area contributed by atoms with Crippen molar-refractivity contribution in [3.63, 3.8) is 0 Å². The highest BCUT2D eigenvalue weighted by Gasteiger charge is 2.09. The molecule has 1 nitrogen and oxygen atoms in total. The predicted octanol–water partition coefficient (Wildman–Crippen LogP) is -0.499. The maximum absolute atomic E-state index is 2.39. The molecule has 0 heterocycles. The van der Waals surface area contributed by atoms with Crippen molar-refractivity contribution in [1.29, 1.82) is 0 Å². The lowest BCUT2D eigenvalue weighted by Crippen LogP contribution is -3.00. The Labute approximate surface area is 100 Å². The second-order valence-corrected chi connectivity index (χ2v) is 5.20. The Hall–Kier alpha value is 0.200. The molecule has 3 heteroatoms. The van der Waals surface area contributed by atoms with Gasteiger partial charge >= 0.3 is 0 Å². The number of rotatable bonds is 2. The molecule has 0 spiro atoms. The van der Waals surface area contributed by atoms with Crippen LogP contribution in [0, 0.1) is 3.57 Å². The van der Waals surface area contributed by atoms with Crippen molar-refractivity contribution < 1.29 is 16.9 Å². The summed E-state index contributed by atoms with van der Waals surface area (Å²) < 4.78 is 2.35. The van der Waals surface area contributed by atoms with Gasteiger partial charge in [0.1, 0.15) is 6.54 Å². The molecule has 1 aromatic rings. The first-order valence-corrected chi connectivity index (χ1v) is 5.11. The fourth-order valence-corrected chi connectivity index (χ4v) is 1.70. The molecule has 0 unspecified atom stereocenters. The third-order valence-corrected chi connectivity index (χ3v) is 2.65. The van der Waals surface area contributed by atoms with Gasteiger partial charge in [-0.05, 0) is 28.7 Å². The van der Waals surface area contributed by atoms with E-state index in [4.69, 9.17) is 0 Å². The summed E-state index contributed by atoms with van der Waals surface area (Å²) in [6, 6.07) is 8.55. The first-order chi connectivity index (χ1) is 5.49. The van der Waals surface area contributed by atoms with Crippen LogP contribution in [0.2, 0.25) is 0 Å². The largest absolute Gasteiger partial charge is 1.00 e. The van der Waals surface area contributed by atoms with Crippen LogP contribution in [0.1, 0.15) is 5.56 Å². The second-order valence-electron chi connectivity index (χ2n) is 4.04. The molecular formula is C10H15ClIN. The van der Waals surface area contributed by atoms with Crippen LogP contribution in [0.5, 0.6) is 0 Å². The van der Waals surface area contributed by atoms with Crippen molar-refractivity contribution in [2.24, 2.45) is 0 Å². The topological polar surface area (TPSA) is 0 Å². The summed E-state index contributed by atoms with van der Waals surface area (Å²) in [5.74, 6) is 0. The van der Waals surface area contributed by atoms with E-state index in [1.165, 1.54) is 9.13 Å². The van der Waals surface area contributed by atoms with Crippen LogP contribution in [0.15, 0.2) is 24.3 Å². The molecule has 0 saturated carbocycles. The van der Waals surface area contributed by atoms with Crippen molar-refractivity contribution in [2.75, 3.05) is 21.1 Å². The summed E-state index contributed by atoms with van der Waals surface area (Å²) in [7, 11) is 6.63. The predicted molar refractivity (Wildman–Crippen MR) is 60.9 cm³/mol. The number of quaternary nitrogens is 1. The Bertz CT molecular complexity index is 268. The van der Waals surface area contributed by atoms with Crippen molar-refractivity contribution >= 4 is 22.6 Å². The monoisotopic (exact) mass is 311 g/mol. The molecule has 0 fully saturated rings. The van der Waals surface area contributed by atoms with E-state index in [1.807, 2.05) is 0 Å². The van der Waals surface area contributed by atoms with E-state index in [1.54, 1.807) is 0 Å². The molecule has 0 amide bonds. The zero-order valence-corrected chi connectivity index (χ0v) is 11.1. The molecule has 0 radical (unpaired) electrons. The molecular weight excluding hydrogens is 296 g/mol. The molecule has 13 heavy (non-hydrogen) atoms. The average molecular weight is 312 g/mol. The summed E-state index contributed by atoms with van der Waals surface area (Å²) in [5.41, 5.74) is 1.44. The number of benzene rings is 1. The van der Waals surface area contributed by atoms with Crippen molar-refractivity contribution in [3.05, 3.63) is 33.4 Å². The van der Waals surface area contributed by atoms with Gasteiger partial charge in [-0.1, -0.05) is 18.2 Å². The van der Waals surface area contributed by atoms with Gasteiger partial charge in [0.15, 0.2) is 0 Å². The lowest BCUT2D eigenvalue weighted by molar-refractivity contribution is -0.884. The van der Waals surface area contributed by atoms with E-state index in [0.29, 0.717) is 0 Å². The highest BCUT2D eigenvalue weighted by Crippen LogP contribution is 2.14. The summed E-state index contributed by atoms with van der Waals surface area (Å²) in [5, 5.41) is 0. The van der Waals surface area contributed by atoms with Gasteiger partial charge in [0.25, 0.3) is 0 Å². The molecule has 0 atom stereocenters. The van der Waals surface area contributed by atoms with E-state index in [2.05, 4.69) is 68.0 Å². The van der Waals surface area contributed by atoms with Crippen LogP contribution >= 0.6 is 22.6 Å². The first-order valence-electron chi connectivity index (χ1n) is 4.03. The van der Waals surface area contributed by atoms with Crippen LogP contribution in [0.3, 0.4) is 0 Å². The molecule has 0 saturated heterocycles. The Morgan fingerprint density at radius 3 is 2.15 bits per heavy atom. The molecule has 0 aliphatic rings. The Balaban J connectivity index is 0.00000144. The zero-order valence-electron chi connectivity index (χ0n) is 8.22. The van der Waals surface area contributed by atoms with Crippen LogP contribution in [-0.2, 0) is 6.54 Å². The maximum Gasteiger partial charge on any atom is 0.105 e. The SMILES string of the molecule is C[N+](C)(C)Cc1ccccc1I.[Cl-]. The minimum absolute atomic E-state index is 0. The van der Waals surface area contributed by atoms with Gasteiger partial charge in [-0.25, -0.2) is 0 Å². The van der Waals surface area contributed by atoms with Gasteiger partial charge < -0.3 is 16.9 Å². The Kier molecular flexibility index (Phi) is 5.25. The third kappa shape index (κ3) is 4.84. The maximum atomic E-state index is 2.39. The summed E-state index contributed by atoms with van der Waals surface area (Å²) in [6.07, 6.45) is 0. The molecule has 0 aromatic heterocycles. The fraction of sp³-hybridized carbons (Fsp3) is 0.400. The normalized spacial score (nSPS) is 10.8. The van der Waals surface area contributed by atoms with Crippen LogP contribution in [0.4, 0.5) is 0 Å². The number of nitrogens with zero attached hydrogens (tertiary/aromatic N) is 1. The Morgan fingerprint density at radius 2 is 1.69 bits per heavy atom. The number of hydrogen-bond donors (Lipinski definition) is 0. The number of halogens is 2. The zero-order chi connectivity index (χ0) is 9.19. The van der Waals surface area contributed by atoms with Gasteiger partial charge in [-0.3, -0.25) is 0 Å². The van der Waals surface area contributed by atoms with E-state index < -0.39 is 0 Å². The first kappa shape index (κ1) is 13.2. The molecule has 1 rings (SSSR count). The lowest BCUT2D eigenvalue weighted by Gasteiger charge is -2.24. The van der Waals surface area contributed by atoms with E-state index in [9.17, 15) is 0 Å². The molecule has 0 N–H and O–H groups in total. The van der Waals surface area contributed by atoms with Crippen molar-refractivity contribution in [3.8, 4) is 0 Å². The van der Waals surface area contributed by atoms with Crippen molar-refractivity contribution in [2.45, 2.75) is 6.54 Å². The van der Waals surface area contributed by atoms with Gasteiger partial charge in [0.05, 0.1) is 21.1 Å². The molecule has 1 aromatic carbocycles. The standard InChI is InChI=1S/C10H15IN.ClH/c1-12(2,3)8-9-6-4-5-7-10(9)11;/h4-7H,8H2,1-3H3;1H/q+1;/p-1. The van der Waals surface area contributed by atoms with E-state index in [-0.39, 0.29) is 12.4 Å². The molecule has 0 bridgehead atoms. The highest BCUT2D eigenvalue weighted by atomic mass is 127. The van der Waals surface area contributed by atoms with E-state index >= 15 is 0 Å².